The molecule has 0 fully saturated rings. The van der Waals surface area contributed by atoms with E-state index < -0.39 is 57.7 Å². The standard InChI is InChI=1S/C13H9ClF4N2O3/c1-20-11(13(16,17)18)7(4-21)10(19-20)6-2-5(12(22)23)8(14)3-9(6)15/h2-3,21H,4H2,1H3,(H,22,23). The number of carboxylic acids is 1. The molecule has 0 atom stereocenters. The topological polar surface area (TPSA) is 75.4 Å². The van der Waals surface area contributed by atoms with Gasteiger partial charge in [-0.3, -0.25) is 4.68 Å². The Hall–Kier alpha value is -2.13. The highest BCUT2D eigenvalue weighted by molar-refractivity contribution is 6.33. The number of carboxylic acid groups (broad SMARTS) is 1. The van der Waals surface area contributed by atoms with Crippen molar-refractivity contribution in [1.82, 2.24) is 9.78 Å². The molecule has 0 spiro atoms. The lowest BCUT2D eigenvalue weighted by atomic mass is 10.0. The van der Waals surface area contributed by atoms with Gasteiger partial charge in [-0.05, 0) is 12.1 Å². The van der Waals surface area contributed by atoms with Crippen LogP contribution in [0.15, 0.2) is 12.1 Å². The molecular formula is C13H9ClF4N2O3. The van der Waals surface area contributed by atoms with Gasteiger partial charge < -0.3 is 10.2 Å². The van der Waals surface area contributed by atoms with Gasteiger partial charge in [-0.1, -0.05) is 11.6 Å². The van der Waals surface area contributed by atoms with Gasteiger partial charge in [-0.2, -0.15) is 18.3 Å². The fourth-order valence-corrected chi connectivity index (χ4v) is 2.41. The van der Waals surface area contributed by atoms with Gasteiger partial charge in [0.1, 0.15) is 17.2 Å². The second-order valence-electron chi connectivity index (χ2n) is 4.57. The minimum Gasteiger partial charge on any atom is -0.478 e. The molecule has 124 valence electrons. The highest BCUT2D eigenvalue weighted by atomic mass is 35.5. The Labute approximate surface area is 131 Å². The molecule has 0 aliphatic heterocycles. The number of hydrogen-bond donors (Lipinski definition) is 2. The third kappa shape index (κ3) is 3.02. The fraction of sp³-hybridized carbons (Fsp3) is 0.231. The fourth-order valence-electron chi connectivity index (χ4n) is 2.18. The van der Waals surface area contributed by atoms with E-state index in [9.17, 15) is 27.5 Å². The first-order valence-corrected chi connectivity index (χ1v) is 6.42. The Morgan fingerprint density at radius 1 is 1.39 bits per heavy atom. The summed E-state index contributed by atoms with van der Waals surface area (Å²) in [7, 11) is 0.984. The molecule has 2 aromatic rings. The molecule has 10 heteroatoms. The zero-order valence-corrected chi connectivity index (χ0v) is 12.2. The lowest BCUT2D eigenvalue weighted by molar-refractivity contribution is -0.144. The Morgan fingerprint density at radius 2 is 2.00 bits per heavy atom. The number of halogens is 5. The van der Waals surface area contributed by atoms with Crippen LogP contribution < -0.4 is 0 Å². The van der Waals surface area contributed by atoms with Crippen LogP contribution in [0.2, 0.25) is 5.02 Å². The van der Waals surface area contributed by atoms with E-state index >= 15 is 0 Å². The molecule has 0 aliphatic rings. The highest BCUT2D eigenvalue weighted by Gasteiger charge is 2.39. The Bertz CT molecular complexity index is 787. The van der Waals surface area contributed by atoms with Crippen LogP contribution in [0.4, 0.5) is 17.6 Å². The van der Waals surface area contributed by atoms with Gasteiger partial charge in [0.25, 0.3) is 0 Å². The van der Waals surface area contributed by atoms with Gasteiger partial charge in [0, 0.05) is 18.2 Å². The SMILES string of the molecule is Cn1nc(-c2cc(C(=O)O)c(Cl)cc2F)c(CO)c1C(F)(F)F. The minimum absolute atomic E-state index is 0.406. The molecule has 0 saturated carbocycles. The maximum atomic E-state index is 14.0. The summed E-state index contributed by atoms with van der Waals surface area (Å²) < 4.78 is 53.5. The summed E-state index contributed by atoms with van der Waals surface area (Å²) in [5.41, 5.74) is -3.40. The molecule has 23 heavy (non-hydrogen) atoms. The van der Waals surface area contributed by atoms with Crippen molar-refractivity contribution in [1.29, 1.82) is 0 Å². The van der Waals surface area contributed by atoms with Gasteiger partial charge in [0.2, 0.25) is 0 Å². The van der Waals surface area contributed by atoms with Gasteiger partial charge in [-0.15, -0.1) is 0 Å². The number of carbonyl (C=O) groups is 1. The van der Waals surface area contributed by atoms with Crippen molar-refractivity contribution in [3.63, 3.8) is 0 Å². The van der Waals surface area contributed by atoms with E-state index in [1.165, 1.54) is 0 Å². The molecule has 1 aromatic heterocycles. The van der Waals surface area contributed by atoms with Crippen molar-refractivity contribution >= 4 is 17.6 Å². The first-order valence-electron chi connectivity index (χ1n) is 6.04. The summed E-state index contributed by atoms with van der Waals surface area (Å²) >= 11 is 5.59. The zero-order chi connectivity index (χ0) is 17.5. The Morgan fingerprint density at radius 3 is 2.48 bits per heavy atom. The zero-order valence-electron chi connectivity index (χ0n) is 11.4. The minimum atomic E-state index is -4.82. The lowest BCUT2D eigenvalue weighted by Crippen LogP contribution is -2.14. The molecule has 0 aliphatic carbocycles. The molecule has 0 saturated heterocycles. The van der Waals surface area contributed by atoms with Crippen molar-refractivity contribution in [3.8, 4) is 11.3 Å². The lowest BCUT2D eigenvalue weighted by Gasteiger charge is -2.09. The molecule has 1 heterocycles. The number of aryl methyl sites for hydroxylation is 1. The van der Waals surface area contributed by atoms with Gasteiger partial charge in [0.05, 0.1) is 17.2 Å². The van der Waals surface area contributed by atoms with Crippen LogP contribution in [0.1, 0.15) is 21.6 Å². The molecule has 0 unspecified atom stereocenters. The Kier molecular flexibility index (Phi) is 4.36. The Balaban J connectivity index is 2.78. The van der Waals surface area contributed by atoms with Crippen LogP contribution in [0, 0.1) is 5.82 Å². The predicted molar refractivity (Wildman–Crippen MR) is 71.5 cm³/mol. The number of aromatic nitrogens is 2. The monoisotopic (exact) mass is 352 g/mol. The molecule has 1 aromatic carbocycles. The van der Waals surface area contributed by atoms with Crippen LogP contribution in [-0.4, -0.2) is 26.0 Å². The third-order valence-corrected chi connectivity index (χ3v) is 3.43. The van der Waals surface area contributed by atoms with Gasteiger partial charge >= 0.3 is 12.1 Å². The highest BCUT2D eigenvalue weighted by Crippen LogP contribution is 2.38. The summed E-state index contributed by atoms with van der Waals surface area (Å²) in [5, 5.41) is 21.4. The molecule has 0 amide bonds. The summed E-state index contributed by atoms with van der Waals surface area (Å²) in [6.45, 7) is -1.05. The van der Waals surface area contributed by atoms with Gasteiger partial charge in [-0.25, -0.2) is 9.18 Å². The predicted octanol–water partition coefficient (Wildman–Crippen LogP) is 3.09. The maximum Gasteiger partial charge on any atom is 0.433 e. The van der Waals surface area contributed by atoms with Crippen molar-refractivity contribution in [3.05, 3.63) is 39.8 Å². The molecule has 5 nitrogen and oxygen atoms in total. The van der Waals surface area contributed by atoms with E-state index in [1.54, 1.807) is 0 Å². The van der Waals surface area contributed by atoms with Crippen LogP contribution >= 0.6 is 11.6 Å². The smallest absolute Gasteiger partial charge is 0.433 e. The van der Waals surface area contributed by atoms with E-state index in [4.69, 9.17) is 16.7 Å². The maximum absolute atomic E-state index is 14.0. The largest absolute Gasteiger partial charge is 0.478 e. The molecule has 0 bridgehead atoms. The van der Waals surface area contributed by atoms with Crippen molar-refractivity contribution in [2.45, 2.75) is 12.8 Å². The first kappa shape index (κ1) is 17.2. The molecule has 2 N–H and O–H groups in total. The second-order valence-corrected chi connectivity index (χ2v) is 4.98. The van der Waals surface area contributed by atoms with Gasteiger partial charge in [0.15, 0.2) is 0 Å². The number of nitrogens with zero attached hydrogens (tertiary/aromatic N) is 2. The molecule has 0 radical (unpaired) electrons. The van der Waals surface area contributed by atoms with Crippen LogP contribution in [0.25, 0.3) is 11.3 Å². The number of benzene rings is 1. The average molecular weight is 353 g/mol. The number of aliphatic hydroxyl groups excluding tert-OH is 1. The normalized spacial score (nSPS) is 11.8. The van der Waals surface area contributed by atoms with Crippen molar-refractivity contribution < 1.29 is 32.6 Å². The number of aromatic carboxylic acids is 1. The second kappa shape index (κ2) is 5.82. The van der Waals surface area contributed by atoms with E-state index in [1.807, 2.05) is 0 Å². The van der Waals surface area contributed by atoms with Crippen LogP contribution in [-0.2, 0) is 19.8 Å². The third-order valence-electron chi connectivity index (χ3n) is 3.11. The average Bonchev–Trinajstić information content (AvgIpc) is 2.74. The van der Waals surface area contributed by atoms with E-state index in [0.717, 1.165) is 13.1 Å². The summed E-state index contributed by atoms with van der Waals surface area (Å²) in [4.78, 5) is 11.0. The summed E-state index contributed by atoms with van der Waals surface area (Å²) in [5.74, 6) is -2.53. The van der Waals surface area contributed by atoms with Crippen molar-refractivity contribution in [2.75, 3.05) is 0 Å². The molecular weight excluding hydrogens is 344 g/mol. The molecule has 2 rings (SSSR count). The van der Waals surface area contributed by atoms with E-state index in [-0.39, 0.29) is 0 Å². The summed E-state index contributed by atoms with van der Waals surface area (Å²) in [6, 6.07) is 1.45. The number of alkyl halides is 3. The summed E-state index contributed by atoms with van der Waals surface area (Å²) in [6.07, 6.45) is -4.82. The van der Waals surface area contributed by atoms with Crippen LogP contribution in [0.3, 0.4) is 0 Å². The van der Waals surface area contributed by atoms with E-state index in [2.05, 4.69) is 5.10 Å². The van der Waals surface area contributed by atoms with E-state index in [0.29, 0.717) is 10.7 Å². The number of rotatable bonds is 3. The van der Waals surface area contributed by atoms with Crippen LogP contribution in [0.5, 0.6) is 0 Å². The number of hydrogen-bond acceptors (Lipinski definition) is 3. The van der Waals surface area contributed by atoms with Crippen molar-refractivity contribution in [2.24, 2.45) is 7.05 Å². The number of aliphatic hydroxyl groups is 1. The first-order chi connectivity index (χ1) is 10.6. The quantitative estimate of drug-likeness (QED) is 0.832.